The van der Waals surface area contributed by atoms with Gasteiger partial charge < -0.3 is 9.84 Å². The highest BCUT2D eigenvalue weighted by molar-refractivity contribution is 5.94. The topological polar surface area (TPSA) is 72.3 Å². The van der Waals surface area contributed by atoms with Gasteiger partial charge in [0.1, 0.15) is 6.33 Å². The second kappa shape index (κ2) is 5.48. The molecule has 0 radical (unpaired) electrons. The number of carboxylic acid groups (broad SMARTS) is 1. The van der Waals surface area contributed by atoms with Gasteiger partial charge in [0.15, 0.2) is 0 Å². The Hall–Kier alpha value is -2.43. The molecule has 0 atom stereocenters. The Balaban J connectivity index is 2.30. The van der Waals surface area contributed by atoms with Crippen molar-refractivity contribution in [1.29, 1.82) is 0 Å². The molecule has 0 aliphatic heterocycles. The Bertz CT molecular complexity index is 638. The predicted molar refractivity (Wildman–Crippen MR) is 71.4 cm³/mol. The van der Waals surface area contributed by atoms with Gasteiger partial charge in [-0.05, 0) is 25.1 Å². The third kappa shape index (κ3) is 3.07. The van der Waals surface area contributed by atoms with E-state index in [1.807, 2.05) is 6.92 Å². The molecule has 19 heavy (non-hydrogen) atoms. The molecule has 0 aliphatic rings. The maximum atomic E-state index is 10.9. The molecule has 0 bridgehead atoms. The summed E-state index contributed by atoms with van der Waals surface area (Å²) >= 11 is 0. The number of rotatable bonds is 5. The van der Waals surface area contributed by atoms with E-state index in [1.54, 1.807) is 6.07 Å². The first-order valence-corrected chi connectivity index (χ1v) is 5.83. The van der Waals surface area contributed by atoms with Gasteiger partial charge in [-0.15, -0.1) is 6.58 Å². The van der Waals surface area contributed by atoms with Gasteiger partial charge >= 0.3 is 5.97 Å². The molecular weight excluding hydrogens is 244 g/mol. The van der Waals surface area contributed by atoms with Gasteiger partial charge in [-0.3, -0.25) is 0 Å². The highest BCUT2D eigenvalue weighted by Crippen LogP contribution is 2.22. The highest BCUT2D eigenvalue weighted by Gasteiger charge is 2.08. The zero-order valence-electron chi connectivity index (χ0n) is 10.6. The minimum absolute atomic E-state index is 0.194. The average Bonchev–Trinajstić information content (AvgIpc) is 2.37. The van der Waals surface area contributed by atoms with E-state index in [1.165, 1.54) is 18.5 Å². The quantitative estimate of drug-likeness (QED) is 0.835. The molecule has 1 aromatic carbocycles. The van der Waals surface area contributed by atoms with Crippen molar-refractivity contribution in [3.05, 3.63) is 42.2 Å². The van der Waals surface area contributed by atoms with Crippen LogP contribution in [0.2, 0.25) is 0 Å². The first-order valence-electron chi connectivity index (χ1n) is 5.83. The van der Waals surface area contributed by atoms with E-state index in [0.29, 0.717) is 23.4 Å². The van der Waals surface area contributed by atoms with E-state index in [9.17, 15) is 4.79 Å². The fourth-order valence-electron chi connectivity index (χ4n) is 1.60. The Morgan fingerprint density at radius 1 is 1.42 bits per heavy atom. The monoisotopic (exact) mass is 258 g/mol. The molecule has 0 amide bonds. The number of hydrogen-bond donors (Lipinski definition) is 1. The van der Waals surface area contributed by atoms with Crippen molar-refractivity contribution in [3.8, 4) is 5.88 Å². The molecule has 0 spiro atoms. The summed E-state index contributed by atoms with van der Waals surface area (Å²) in [6.45, 7) is 6.22. The van der Waals surface area contributed by atoms with Crippen molar-refractivity contribution in [2.24, 2.45) is 0 Å². The van der Waals surface area contributed by atoms with Crippen LogP contribution in [-0.2, 0) is 0 Å². The zero-order chi connectivity index (χ0) is 13.8. The first-order chi connectivity index (χ1) is 9.08. The summed E-state index contributed by atoms with van der Waals surface area (Å²) in [6, 6.07) is 4.68. The molecule has 0 saturated heterocycles. The third-order valence-corrected chi connectivity index (χ3v) is 2.61. The smallest absolute Gasteiger partial charge is 0.335 e. The zero-order valence-corrected chi connectivity index (χ0v) is 10.6. The normalized spacial score (nSPS) is 10.4. The summed E-state index contributed by atoms with van der Waals surface area (Å²) in [5.74, 6) is -0.520. The van der Waals surface area contributed by atoms with Gasteiger partial charge in [0, 0.05) is 6.42 Å². The number of fused-ring (bicyclic) bond motifs is 1. The molecule has 5 heteroatoms. The number of aromatic nitrogens is 2. The van der Waals surface area contributed by atoms with Crippen LogP contribution in [0.3, 0.4) is 0 Å². The summed E-state index contributed by atoms with van der Waals surface area (Å²) in [6.07, 6.45) is 2.11. The van der Waals surface area contributed by atoms with Crippen LogP contribution < -0.4 is 4.74 Å². The number of aromatic carboxylic acids is 1. The summed E-state index contributed by atoms with van der Waals surface area (Å²) in [4.78, 5) is 19.0. The number of benzene rings is 1. The molecule has 0 fully saturated rings. The maximum absolute atomic E-state index is 10.9. The molecular formula is C14H14N2O3. The summed E-state index contributed by atoms with van der Waals surface area (Å²) < 4.78 is 5.57. The number of nitrogens with zero attached hydrogens (tertiary/aromatic N) is 2. The van der Waals surface area contributed by atoms with Crippen molar-refractivity contribution >= 4 is 16.9 Å². The summed E-state index contributed by atoms with van der Waals surface area (Å²) in [5, 5.41) is 9.63. The highest BCUT2D eigenvalue weighted by atomic mass is 16.5. The van der Waals surface area contributed by atoms with E-state index in [2.05, 4.69) is 16.5 Å². The van der Waals surface area contributed by atoms with Gasteiger partial charge in [-0.1, -0.05) is 5.57 Å². The van der Waals surface area contributed by atoms with Crippen molar-refractivity contribution in [2.75, 3.05) is 6.61 Å². The van der Waals surface area contributed by atoms with E-state index < -0.39 is 5.97 Å². The second-order valence-electron chi connectivity index (χ2n) is 4.27. The maximum Gasteiger partial charge on any atom is 0.335 e. The van der Waals surface area contributed by atoms with Crippen LogP contribution in [0.5, 0.6) is 5.88 Å². The van der Waals surface area contributed by atoms with Gasteiger partial charge in [0.25, 0.3) is 0 Å². The largest absolute Gasteiger partial charge is 0.478 e. The van der Waals surface area contributed by atoms with Crippen molar-refractivity contribution in [2.45, 2.75) is 13.3 Å². The molecule has 2 aromatic rings. The number of ether oxygens (including phenoxy) is 1. The van der Waals surface area contributed by atoms with E-state index >= 15 is 0 Å². The molecule has 0 aliphatic carbocycles. The van der Waals surface area contributed by atoms with Crippen LogP contribution >= 0.6 is 0 Å². The Labute approximate surface area is 110 Å². The lowest BCUT2D eigenvalue weighted by atomic mass is 10.1. The lowest BCUT2D eigenvalue weighted by Crippen LogP contribution is -2.01. The Morgan fingerprint density at radius 2 is 2.21 bits per heavy atom. The van der Waals surface area contributed by atoms with E-state index in [0.717, 1.165) is 12.0 Å². The van der Waals surface area contributed by atoms with Gasteiger partial charge in [0.05, 0.1) is 23.1 Å². The van der Waals surface area contributed by atoms with Crippen molar-refractivity contribution in [3.63, 3.8) is 0 Å². The van der Waals surface area contributed by atoms with E-state index in [-0.39, 0.29) is 5.56 Å². The SMILES string of the molecule is C=C(C)CCOc1ncnc2cc(C(=O)O)ccc12. The van der Waals surface area contributed by atoms with Crippen LogP contribution in [0.15, 0.2) is 36.7 Å². The second-order valence-corrected chi connectivity index (χ2v) is 4.27. The van der Waals surface area contributed by atoms with Crippen molar-refractivity contribution in [1.82, 2.24) is 9.97 Å². The minimum atomic E-state index is -0.981. The molecule has 1 N–H and O–H groups in total. The van der Waals surface area contributed by atoms with Crippen molar-refractivity contribution < 1.29 is 14.6 Å². The van der Waals surface area contributed by atoms with Crippen LogP contribution in [-0.4, -0.2) is 27.7 Å². The molecule has 1 aromatic heterocycles. The van der Waals surface area contributed by atoms with E-state index in [4.69, 9.17) is 9.84 Å². The fourth-order valence-corrected chi connectivity index (χ4v) is 1.60. The predicted octanol–water partition coefficient (Wildman–Crippen LogP) is 2.67. The average molecular weight is 258 g/mol. The van der Waals surface area contributed by atoms with Crippen LogP contribution in [0.4, 0.5) is 0 Å². The standard InChI is InChI=1S/C14H14N2O3/c1-9(2)5-6-19-13-11-4-3-10(14(17)18)7-12(11)15-8-16-13/h3-4,7-8H,1,5-6H2,2H3,(H,17,18). The lowest BCUT2D eigenvalue weighted by molar-refractivity contribution is 0.0697. The molecule has 0 unspecified atom stereocenters. The van der Waals surface area contributed by atoms with Crippen LogP contribution in [0.1, 0.15) is 23.7 Å². The Kier molecular flexibility index (Phi) is 3.75. The van der Waals surface area contributed by atoms with Crippen LogP contribution in [0.25, 0.3) is 10.9 Å². The first kappa shape index (κ1) is 13.0. The van der Waals surface area contributed by atoms with Gasteiger partial charge in [0.2, 0.25) is 5.88 Å². The molecule has 2 rings (SSSR count). The molecule has 5 nitrogen and oxygen atoms in total. The minimum Gasteiger partial charge on any atom is -0.478 e. The number of carboxylic acids is 1. The summed E-state index contributed by atoms with van der Waals surface area (Å²) in [7, 11) is 0. The fraction of sp³-hybridized carbons (Fsp3) is 0.214. The molecule has 98 valence electrons. The summed E-state index contributed by atoms with van der Waals surface area (Å²) in [5.41, 5.74) is 1.78. The third-order valence-electron chi connectivity index (χ3n) is 2.61. The van der Waals surface area contributed by atoms with Gasteiger partial charge in [-0.25, -0.2) is 14.8 Å². The number of carbonyl (C=O) groups is 1. The lowest BCUT2D eigenvalue weighted by Gasteiger charge is -2.07. The number of hydrogen-bond acceptors (Lipinski definition) is 4. The van der Waals surface area contributed by atoms with Crippen LogP contribution in [0, 0.1) is 0 Å². The van der Waals surface area contributed by atoms with Gasteiger partial charge in [-0.2, -0.15) is 0 Å². The Morgan fingerprint density at radius 3 is 2.89 bits per heavy atom. The molecule has 1 heterocycles. The molecule has 0 saturated carbocycles.